The van der Waals surface area contributed by atoms with Crippen molar-refractivity contribution >= 4 is 17.1 Å². The molecule has 1 aliphatic heterocycles. The molecule has 3 aliphatic carbocycles. The van der Waals surface area contributed by atoms with Crippen molar-refractivity contribution in [1.82, 2.24) is 0 Å². The molecule has 12 rings (SSSR count). The minimum Gasteiger partial charge on any atom is -0.457 e. The zero-order valence-corrected chi connectivity index (χ0v) is 32.6. The molecule has 1 heterocycles. The van der Waals surface area contributed by atoms with Gasteiger partial charge in [0.05, 0.1) is 11.1 Å². The van der Waals surface area contributed by atoms with Gasteiger partial charge in [-0.05, 0) is 91.5 Å². The van der Waals surface area contributed by atoms with Crippen molar-refractivity contribution in [2.75, 3.05) is 4.90 Å². The van der Waals surface area contributed by atoms with Gasteiger partial charge in [-0.1, -0.05) is 167 Å². The lowest BCUT2D eigenvalue weighted by molar-refractivity contribution is 0.436. The van der Waals surface area contributed by atoms with Crippen LogP contribution < -0.4 is 9.64 Å². The van der Waals surface area contributed by atoms with E-state index in [9.17, 15) is 0 Å². The van der Waals surface area contributed by atoms with E-state index in [0.717, 1.165) is 28.4 Å². The molecule has 0 unspecified atom stereocenters. The second-order valence-electron chi connectivity index (χ2n) is 17.2. The Balaban J connectivity index is 1.13. The number of fused-ring (bicyclic) bond motifs is 15. The van der Waals surface area contributed by atoms with Gasteiger partial charge in [0.25, 0.3) is 0 Å². The number of hydrogen-bond acceptors (Lipinski definition) is 2. The van der Waals surface area contributed by atoms with Crippen LogP contribution in [0.2, 0.25) is 0 Å². The Morgan fingerprint density at radius 3 is 1.53 bits per heavy atom. The first-order valence-electron chi connectivity index (χ1n) is 20.2. The predicted octanol–water partition coefficient (Wildman–Crippen LogP) is 14.2. The van der Waals surface area contributed by atoms with Crippen molar-refractivity contribution in [1.29, 1.82) is 0 Å². The zero-order valence-electron chi connectivity index (χ0n) is 32.6. The number of para-hydroxylation sites is 1. The van der Waals surface area contributed by atoms with Crippen LogP contribution in [0.3, 0.4) is 0 Å². The number of ether oxygens (including phenoxy) is 1. The fourth-order valence-electron chi connectivity index (χ4n) is 11.2. The molecule has 0 N–H and O–H groups in total. The summed E-state index contributed by atoms with van der Waals surface area (Å²) in [6, 6.07) is 65.4. The topological polar surface area (TPSA) is 12.5 Å². The molecule has 4 aliphatic rings. The molecule has 0 saturated heterocycles. The lowest BCUT2D eigenvalue weighted by atomic mass is 9.66. The molecular formula is C55H41NO. The summed E-state index contributed by atoms with van der Waals surface area (Å²) >= 11 is 0. The van der Waals surface area contributed by atoms with Gasteiger partial charge >= 0.3 is 0 Å². The Bertz CT molecular complexity index is 2970. The Morgan fingerprint density at radius 2 is 0.825 bits per heavy atom. The van der Waals surface area contributed by atoms with Crippen LogP contribution in [0.4, 0.5) is 17.1 Å². The van der Waals surface area contributed by atoms with Crippen molar-refractivity contribution in [3.05, 3.63) is 220 Å². The van der Waals surface area contributed by atoms with E-state index in [1.807, 2.05) is 0 Å². The van der Waals surface area contributed by atoms with Crippen LogP contribution in [-0.4, -0.2) is 0 Å². The van der Waals surface area contributed by atoms with Crippen molar-refractivity contribution in [3.8, 4) is 44.9 Å². The third kappa shape index (κ3) is 4.10. The Kier molecular flexibility index (Phi) is 6.42. The first-order chi connectivity index (χ1) is 27.8. The minimum absolute atomic E-state index is 0.131. The smallest absolute Gasteiger partial charge is 0.134 e. The lowest BCUT2D eigenvalue weighted by Crippen LogP contribution is -2.32. The highest BCUT2D eigenvalue weighted by atomic mass is 16.5. The van der Waals surface area contributed by atoms with Gasteiger partial charge in [0, 0.05) is 45.0 Å². The zero-order chi connectivity index (χ0) is 38.3. The van der Waals surface area contributed by atoms with Gasteiger partial charge in [0.15, 0.2) is 0 Å². The summed E-state index contributed by atoms with van der Waals surface area (Å²) in [5, 5.41) is 0. The van der Waals surface area contributed by atoms with E-state index >= 15 is 0 Å². The summed E-state index contributed by atoms with van der Waals surface area (Å²) in [5.41, 5.74) is 20.8. The van der Waals surface area contributed by atoms with Crippen molar-refractivity contribution in [2.24, 2.45) is 0 Å². The Labute approximate surface area is 334 Å². The molecule has 2 nitrogen and oxygen atoms in total. The molecule has 272 valence electrons. The number of benzene rings is 8. The van der Waals surface area contributed by atoms with Crippen molar-refractivity contribution < 1.29 is 4.74 Å². The lowest BCUT2D eigenvalue weighted by Gasteiger charge is -2.40. The summed E-state index contributed by atoms with van der Waals surface area (Å²) in [7, 11) is 0. The highest BCUT2D eigenvalue weighted by Gasteiger charge is 2.51. The number of rotatable bonds is 3. The largest absolute Gasteiger partial charge is 0.457 e. The van der Waals surface area contributed by atoms with Crippen LogP contribution in [0.5, 0.6) is 11.5 Å². The molecule has 8 aromatic rings. The monoisotopic (exact) mass is 731 g/mol. The third-order valence-electron chi connectivity index (χ3n) is 13.7. The van der Waals surface area contributed by atoms with E-state index in [-0.39, 0.29) is 10.8 Å². The Hall–Kier alpha value is -6.64. The molecule has 57 heavy (non-hydrogen) atoms. The first-order valence-corrected chi connectivity index (χ1v) is 20.2. The van der Waals surface area contributed by atoms with E-state index in [2.05, 4.69) is 209 Å². The highest BCUT2D eigenvalue weighted by molar-refractivity contribution is 5.97. The van der Waals surface area contributed by atoms with Crippen LogP contribution in [-0.2, 0) is 16.2 Å². The van der Waals surface area contributed by atoms with Gasteiger partial charge in [-0.15, -0.1) is 0 Å². The summed E-state index contributed by atoms with van der Waals surface area (Å²) < 4.78 is 7.06. The molecular weight excluding hydrogens is 691 g/mol. The van der Waals surface area contributed by atoms with Crippen molar-refractivity contribution in [2.45, 2.75) is 43.9 Å². The van der Waals surface area contributed by atoms with Crippen LogP contribution in [0.25, 0.3) is 33.4 Å². The molecule has 0 saturated carbocycles. The van der Waals surface area contributed by atoms with Crippen LogP contribution >= 0.6 is 0 Å². The molecule has 0 fully saturated rings. The highest BCUT2D eigenvalue weighted by Crippen LogP contribution is 2.63. The molecule has 0 amide bonds. The van der Waals surface area contributed by atoms with Crippen LogP contribution in [0.15, 0.2) is 176 Å². The Morgan fingerprint density at radius 1 is 0.351 bits per heavy atom. The normalized spacial score (nSPS) is 15.9. The standard InChI is InChI=1S/C55H41NO/c1-53(2)42-21-10-8-19-40(42)52-47(53)25-15-26-49(52)56(34-28-30-39-36-16-5-9-20-41(36)54(3,4)48(39)32-34)35-29-31-46-51(33-35)57-50-27-14-13-24-45(50)55(46)43-22-11-6-17-37(43)38-18-7-12-23-44(38)55/h5-33H,1-4H3. The number of nitrogens with zero attached hydrogens (tertiary/aromatic N) is 1. The molecule has 0 aromatic heterocycles. The number of anilines is 3. The predicted molar refractivity (Wildman–Crippen MR) is 234 cm³/mol. The van der Waals surface area contributed by atoms with Gasteiger partial charge in [0.2, 0.25) is 0 Å². The minimum atomic E-state index is -0.513. The van der Waals surface area contributed by atoms with Gasteiger partial charge in [0.1, 0.15) is 11.5 Å². The van der Waals surface area contributed by atoms with E-state index in [4.69, 9.17) is 4.74 Å². The van der Waals surface area contributed by atoms with E-state index in [1.165, 1.54) is 78.0 Å². The average Bonchev–Trinajstić information content (AvgIpc) is 3.76. The summed E-state index contributed by atoms with van der Waals surface area (Å²) in [6.45, 7) is 9.46. The van der Waals surface area contributed by atoms with Crippen LogP contribution in [0.1, 0.15) is 72.2 Å². The maximum absolute atomic E-state index is 7.06. The van der Waals surface area contributed by atoms with E-state index < -0.39 is 5.41 Å². The second kappa shape index (κ2) is 11.2. The SMILES string of the molecule is CC1(C)c2ccccc2-c2ccc(N(c3ccc4c(c3)Oc3ccccc3C43c4ccccc4-c4ccccc43)c3cccc4c3-c3ccccc3C4(C)C)cc21. The molecule has 0 radical (unpaired) electrons. The fraction of sp³-hybridized carbons (Fsp3) is 0.127. The van der Waals surface area contributed by atoms with Gasteiger partial charge in [-0.2, -0.15) is 0 Å². The molecule has 1 spiro atoms. The number of hydrogen-bond donors (Lipinski definition) is 0. The maximum atomic E-state index is 7.06. The second-order valence-corrected chi connectivity index (χ2v) is 17.2. The fourth-order valence-corrected chi connectivity index (χ4v) is 11.2. The summed E-state index contributed by atoms with van der Waals surface area (Å²) in [4.78, 5) is 2.49. The maximum Gasteiger partial charge on any atom is 0.134 e. The first kappa shape index (κ1) is 32.6. The summed E-state index contributed by atoms with van der Waals surface area (Å²) in [5.74, 6) is 1.78. The van der Waals surface area contributed by atoms with Gasteiger partial charge in [-0.3, -0.25) is 0 Å². The average molecular weight is 732 g/mol. The third-order valence-corrected chi connectivity index (χ3v) is 13.7. The molecule has 8 aromatic carbocycles. The van der Waals surface area contributed by atoms with E-state index in [1.54, 1.807) is 0 Å². The molecule has 0 bridgehead atoms. The van der Waals surface area contributed by atoms with Crippen molar-refractivity contribution in [3.63, 3.8) is 0 Å². The van der Waals surface area contributed by atoms with Crippen LogP contribution in [0, 0.1) is 0 Å². The van der Waals surface area contributed by atoms with E-state index in [0.29, 0.717) is 0 Å². The quantitative estimate of drug-likeness (QED) is 0.179. The van der Waals surface area contributed by atoms with Gasteiger partial charge < -0.3 is 9.64 Å². The van der Waals surface area contributed by atoms with Gasteiger partial charge in [-0.25, -0.2) is 0 Å². The molecule has 2 heteroatoms. The summed E-state index contributed by atoms with van der Waals surface area (Å²) in [6.07, 6.45) is 0. The molecule has 0 atom stereocenters.